The fourth-order valence-electron chi connectivity index (χ4n) is 1.01. The summed E-state index contributed by atoms with van der Waals surface area (Å²) in [6.45, 7) is -1.98. The van der Waals surface area contributed by atoms with E-state index in [1.165, 1.54) is 7.05 Å². The van der Waals surface area contributed by atoms with Crippen molar-refractivity contribution < 1.29 is 27.9 Å². The third kappa shape index (κ3) is 5.57. The van der Waals surface area contributed by atoms with Crippen LogP contribution in [0.15, 0.2) is 0 Å². The molecule has 0 aromatic rings. The third-order valence-corrected chi connectivity index (χ3v) is 3.39. The second kappa shape index (κ2) is 8.85. The summed E-state index contributed by atoms with van der Waals surface area (Å²) in [6.07, 6.45) is 0. The Hall–Kier alpha value is 0.750. The zero-order chi connectivity index (χ0) is 11.2. The summed E-state index contributed by atoms with van der Waals surface area (Å²) in [7, 11) is -2.68. The molecule has 0 saturated carbocycles. The molecule has 9 heteroatoms. The maximum absolute atomic E-state index is 11.3. The van der Waals surface area contributed by atoms with Gasteiger partial charge in [-0.1, -0.05) is 0 Å². The monoisotopic (exact) mass is 253 g/mol. The van der Waals surface area contributed by atoms with E-state index in [0.717, 1.165) is 0 Å². The molecule has 15 heavy (non-hydrogen) atoms. The van der Waals surface area contributed by atoms with Gasteiger partial charge in [0.15, 0.2) is 6.79 Å². The molecule has 0 aromatic carbocycles. The van der Waals surface area contributed by atoms with Crippen LogP contribution < -0.4 is 5.32 Å². The number of aliphatic hydroxyl groups excluding tert-OH is 3. The first kappa shape index (κ1) is 18.1. The molecule has 0 spiro atoms. The van der Waals surface area contributed by atoms with Crippen molar-refractivity contribution in [3.8, 4) is 0 Å². The molecule has 0 aliphatic carbocycles. The SMILES string of the molecule is CNC(C(CO)CO)S(=O)(=O)OCO.[NaH]. The molecule has 4 N–H and O–H groups in total. The van der Waals surface area contributed by atoms with Gasteiger partial charge in [-0.2, -0.15) is 8.42 Å². The fraction of sp³-hybridized carbons (Fsp3) is 1.00. The Balaban J connectivity index is 0. The van der Waals surface area contributed by atoms with Crippen LogP contribution in [-0.2, 0) is 14.3 Å². The summed E-state index contributed by atoms with van der Waals surface area (Å²) in [5.74, 6) is -0.892. The molecule has 0 aromatic heterocycles. The van der Waals surface area contributed by atoms with Gasteiger partial charge in [0.1, 0.15) is 5.37 Å². The predicted octanol–water partition coefficient (Wildman–Crippen LogP) is -3.22. The van der Waals surface area contributed by atoms with Gasteiger partial charge in [0.05, 0.1) is 13.2 Å². The second-order valence-corrected chi connectivity index (χ2v) is 4.30. The van der Waals surface area contributed by atoms with Gasteiger partial charge in [-0.05, 0) is 7.05 Å². The van der Waals surface area contributed by atoms with Crippen LogP contribution in [0.5, 0.6) is 0 Å². The number of aliphatic hydroxyl groups is 3. The van der Waals surface area contributed by atoms with Crippen LogP contribution in [0.2, 0.25) is 0 Å². The van der Waals surface area contributed by atoms with Crippen LogP contribution in [0.3, 0.4) is 0 Å². The predicted molar refractivity (Wildman–Crippen MR) is 54.7 cm³/mol. The van der Waals surface area contributed by atoms with Gasteiger partial charge in [0.25, 0.3) is 10.1 Å². The number of hydrogen-bond acceptors (Lipinski definition) is 7. The van der Waals surface area contributed by atoms with Gasteiger partial charge in [0, 0.05) is 5.92 Å². The minimum atomic E-state index is -4.03. The Morgan fingerprint density at radius 1 is 1.27 bits per heavy atom. The summed E-state index contributed by atoms with van der Waals surface area (Å²) in [4.78, 5) is 0. The van der Waals surface area contributed by atoms with E-state index in [4.69, 9.17) is 15.3 Å². The molecular formula is C6H16NNaO6S. The number of hydrogen-bond donors (Lipinski definition) is 4. The van der Waals surface area contributed by atoms with E-state index >= 15 is 0 Å². The van der Waals surface area contributed by atoms with Crippen LogP contribution in [0, 0.1) is 5.92 Å². The third-order valence-electron chi connectivity index (χ3n) is 1.71. The molecule has 1 unspecified atom stereocenters. The zero-order valence-electron chi connectivity index (χ0n) is 7.75. The van der Waals surface area contributed by atoms with E-state index in [-0.39, 0.29) is 29.6 Å². The van der Waals surface area contributed by atoms with E-state index < -0.39 is 41.4 Å². The van der Waals surface area contributed by atoms with Crippen molar-refractivity contribution in [1.82, 2.24) is 5.32 Å². The number of rotatable bonds is 7. The molecule has 0 rings (SSSR count). The first-order chi connectivity index (χ1) is 6.53. The van der Waals surface area contributed by atoms with E-state index in [1.54, 1.807) is 0 Å². The summed E-state index contributed by atoms with van der Waals surface area (Å²) in [5.41, 5.74) is 0. The van der Waals surface area contributed by atoms with Crippen molar-refractivity contribution in [3.63, 3.8) is 0 Å². The molecule has 88 valence electrons. The van der Waals surface area contributed by atoms with Crippen LogP contribution >= 0.6 is 0 Å². The van der Waals surface area contributed by atoms with Gasteiger partial charge in [-0.3, -0.25) is 0 Å². The first-order valence-electron chi connectivity index (χ1n) is 3.91. The van der Waals surface area contributed by atoms with Crippen molar-refractivity contribution in [2.24, 2.45) is 5.92 Å². The van der Waals surface area contributed by atoms with Crippen LogP contribution in [-0.4, -0.2) is 85.7 Å². The van der Waals surface area contributed by atoms with E-state index in [0.29, 0.717) is 0 Å². The molecule has 1 atom stereocenters. The van der Waals surface area contributed by atoms with Gasteiger partial charge in [0.2, 0.25) is 0 Å². The van der Waals surface area contributed by atoms with Crippen molar-refractivity contribution in [1.29, 1.82) is 0 Å². The van der Waals surface area contributed by atoms with Crippen LogP contribution in [0.4, 0.5) is 0 Å². The minimum absolute atomic E-state index is 0. The van der Waals surface area contributed by atoms with E-state index in [1.807, 2.05) is 0 Å². The normalized spacial score (nSPS) is 13.7. The Morgan fingerprint density at radius 3 is 2.00 bits per heavy atom. The topological polar surface area (TPSA) is 116 Å². The first-order valence-corrected chi connectivity index (χ1v) is 5.38. The van der Waals surface area contributed by atoms with Gasteiger partial charge in [-0.15, -0.1) is 0 Å². The Kier molecular flexibility index (Phi) is 10.7. The quantitative estimate of drug-likeness (QED) is 0.214. The number of nitrogens with one attached hydrogen (secondary N) is 1. The molecule has 7 nitrogen and oxygen atoms in total. The summed E-state index contributed by atoms with van der Waals surface area (Å²) in [6, 6.07) is 0. The molecular weight excluding hydrogens is 237 g/mol. The van der Waals surface area contributed by atoms with E-state index in [2.05, 4.69) is 9.50 Å². The van der Waals surface area contributed by atoms with Gasteiger partial charge >= 0.3 is 29.6 Å². The molecule has 0 radical (unpaired) electrons. The molecule has 0 saturated heterocycles. The van der Waals surface area contributed by atoms with Crippen molar-refractivity contribution in [2.45, 2.75) is 5.37 Å². The van der Waals surface area contributed by atoms with Gasteiger partial charge < -0.3 is 20.6 Å². The average Bonchev–Trinajstić information content (AvgIpc) is 2.13. The van der Waals surface area contributed by atoms with E-state index in [9.17, 15) is 8.42 Å². The molecule has 0 amide bonds. The average molecular weight is 253 g/mol. The molecule has 0 bridgehead atoms. The molecule has 0 heterocycles. The molecule has 0 aliphatic rings. The molecule has 0 aliphatic heterocycles. The molecule has 0 fully saturated rings. The Bertz CT molecular complexity index is 242. The standard InChI is InChI=1S/C6H15NO6S.Na.H/c1-7-6(5(2-8)3-9)14(11,12)13-4-10;;/h5-10H,2-4H2,1H3;;. The fourth-order valence-corrected chi connectivity index (χ4v) is 2.24. The summed E-state index contributed by atoms with van der Waals surface area (Å²) < 4.78 is 26.6. The zero-order valence-corrected chi connectivity index (χ0v) is 8.57. The van der Waals surface area contributed by atoms with Crippen molar-refractivity contribution in [2.75, 3.05) is 27.1 Å². The van der Waals surface area contributed by atoms with Gasteiger partial charge in [-0.25, -0.2) is 4.18 Å². The summed E-state index contributed by atoms with van der Waals surface area (Å²) in [5, 5.41) is 27.0. The van der Waals surface area contributed by atoms with Crippen molar-refractivity contribution >= 4 is 39.7 Å². The second-order valence-electron chi connectivity index (χ2n) is 2.57. The maximum atomic E-state index is 11.3. The summed E-state index contributed by atoms with van der Waals surface area (Å²) >= 11 is 0. The van der Waals surface area contributed by atoms with Crippen LogP contribution in [0.25, 0.3) is 0 Å². The Morgan fingerprint density at radius 2 is 1.73 bits per heavy atom. The Labute approximate surface area is 111 Å². The van der Waals surface area contributed by atoms with Crippen LogP contribution in [0.1, 0.15) is 0 Å². The van der Waals surface area contributed by atoms with Crippen molar-refractivity contribution in [3.05, 3.63) is 0 Å².